The van der Waals surface area contributed by atoms with E-state index in [1.807, 2.05) is 19.1 Å². The number of amides is 2. The summed E-state index contributed by atoms with van der Waals surface area (Å²) < 4.78 is 0. The van der Waals surface area contributed by atoms with Crippen molar-refractivity contribution in [2.24, 2.45) is 11.7 Å². The van der Waals surface area contributed by atoms with E-state index in [4.69, 9.17) is 5.73 Å². The summed E-state index contributed by atoms with van der Waals surface area (Å²) in [5.41, 5.74) is 7.79. The van der Waals surface area contributed by atoms with E-state index in [1.165, 1.54) is 5.56 Å². The topological polar surface area (TPSA) is 81.9 Å². The first kappa shape index (κ1) is 21.7. The zero-order valence-corrected chi connectivity index (χ0v) is 17.8. The maximum atomic E-state index is 12.6. The molecule has 0 aliphatic carbocycles. The van der Waals surface area contributed by atoms with Crippen LogP contribution in [0.3, 0.4) is 0 Å². The van der Waals surface area contributed by atoms with Crippen molar-refractivity contribution in [2.75, 3.05) is 46.3 Å². The molecule has 2 aliphatic rings. The molecule has 1 aromatic carbocycles. The fraction of sp³-hybridized carbons (Fsp3) is 0.636. The van der Waals surface area contributed by atoms with E-state index in [0.717, 1.165) is 64.2 Å². The maximum Gasteiger partial charge on any atom is 0.237 e. The third-order valence-corrected chi connectivity index (χ3v) is 6.24. The van der Waals surface area contributed by atoms with Gasteiger partial charge in [-0.1, -0.05) is 24.3 Å². The second-order valence-corrected chi connectivity index (χ2v) is 8.53. The molecule has 29 heavy (non-hydrogen) atoms. The Morgan fingerprint density at radius 1 is 1.17 bits per heavy atom. The van der Waals surface area contributed by atoms with Crippen LogP contribution in [0, 0.1) is 5.92 Å². The first-order valence-corrected chi connectivity index (χ1v) is 10.7. The van der Waals surface area contributed by atoms with Crippen LogP contribution in [-0.2, 0) is 22.7 Å². The number of nitrogens with one attached hydrogen (secondary N) is 1. The maximum absolute atomic E-state index is 12.6. The van der Waals surface area contributed by atoms with E-state index < -0.39 is 0 Å². The van der Waals surface area contributed by atoms with Gasteiger partial charge in [0.15, 0.2) is 0 Å². The third-order valence-electron chi connectivity index (χ3n) is 6.24. The van der Waals surface area contributed by atoms with E-state index in [0.29, 0.717) is 6.54 Å². The average molecular weight is 402 g/mol. The number of carbonyl (C=O) groups is 2. The van der Waals surface area contributed by atoms with E-state index in [1.54, 1.807) is 0 Å². The predicted octanol–water partition coefficient (Wildman–Crippen LogP) is 0.636. The van der Waals surface area contributed by atoms with Gasteiger partial charge >= 0.3 is 0 Å². The molecule has 3 rings (SSSR count). The second kappa shape index (κ2) is 10.2. The molecule has 0 saturated carbocycles. The van der Waals surface area contributed by atoms with E-state index in [9.17, 15) is 9.59 Å². The molecular formula is C22H35N5O2. The van der Waals surface area contributed by atoms with Crippen LogP contribution in [0.5, 0.6) is 0 Å². The van der Waals surface area contributed by atoms with Crippen LogP contribution in [-0.4, -0.2) is 78.9 Å². The summed E-state index contributed by atoms with van der Waals surface area (Å²) in [6.45, 7) is 8.94. The standard InChI is InChI=1S/C22H35N5O2/c1-17(27-11-9-25(2)10-12-27)22(29)24-14-18-5-3-6-19(13-18)15-26-8-4-7-20(16-26)21(23)28/h3,5-6,13,17,20H,4,7-12,14-16H2,1-2H3,(H2,23,28)(H,24,29). The van der Waals surface area contributed by atoms with Crippen molar-refractivity contribution >= 4 is 11.8 Å². The van der Waals surface area contributed by atoms with Crippen LogP contribution in [0.15, 0.2) is 24.3 Å². The van der Waals surface area contributed by atoms with Gasteiger partial charge in [-0.05, 0) is 44.5 Å². The van der Waals surface area contributed by atoms with Gasteiger partial charge in [0.1, 0.15) is 0 Å². The number of primary amides is 1. The van der Waals surface area contributed by atoms with Gasteiger partial charge in [-0.2, -0.15) is 0 Å². The Kier molecular flexibility index (Phi) is 7.64. The number of rotatable bonds is 7. The number of benzene rings is 1. The van der Waals surface area contributed by atoms with Crippen molar-refractivity contribution in [2.45, 2.75) is 38.9 Å². The lowest BCUT2D eigenvalue weighted by atomic mass is 9.97. The number of carbonyl (C=O) groups excluding carboxylic acids is 2. The van der Waals surface area contributed by atoms with Crippen molar-refractivity contribution in [3.8, 4) is 0 Å². The van der Waals surface area contributed by atoms with E-state index in [-0.39, 0.29) is 23.8 Å². The molecule has 2 atom stereocenters. The Hall–Kier alpha value is -1.96. The molecule has 0 radical (unpaired) electrons. The van der Waals surface area contributed by atoms with Gasteiger partial charge < -0.3 is 16.0 Å². The first-order valence-electron chi connectivity index (χ1n) is 10.7. The highest BCUT2D eigenvalue weighted by atomic mass is 16.2. The normalized spacial score (nSPS) is 22.9. The van der Waals surface area contributed by atoms with Gasteiger partial charge in [-0.3, -0.25) is 19.4 Å². The van der Waals surface area contributed by atoms with E-state index >= 15 is 0 Å². The molecule has 2 unspecified atom stereocenters. The lowest BCUT2D eigenvalue weighted by molar-refractivity contribution is -0.126. The van der Waals surface area contributed by atoms with Gasteiger partial charge in [0.05, 0.1) is 12.0 Å². The number of hydrogen-bond donors (Lipinski definition) is 2. The fourth-order valence-electron chi connectivity index (χ4n) is 4.24. The average Bonchev–Trinajstić information content (AvgIpc) is 2.72. The highest BCUT2D eigenvalue weighted by Crippen LogP contribution is 2.19. The van der Waals surface area contributed by atoms with Crippen molar-refractivity contribution < 1.29 is 9.59 Å². The summed E-state index contributed by atoms with van der Waals surface area (Å²) in [7, 11) is 2.12. The van der Waals surface area contributed by atoms with Crippen LogP contribution in [0.1, 0.15) is 30.9 Å². The molecule has 0 bridgehead atoms. The van der Waals surface area contributed by atoms with Gasteiger partial charge in [-0.25, -0.2) is 0 Å². The molecule has 3 N–H and O–H groups in total. The van der Waals surface area contributed by atoms with Gasteiger partial charge in [0, 0.05) is 45.8 Å². The smallest absolute Gasteiger partial charge is 0.237 e. The number of nitrogens with two attached hydrogens (primary N) is 1. The molecule has 2 amide bonds. The molecule has 7 heteroatoms. The third kappa shape index (κ3) is 6.26. The Morgan fingerprint density at radius 2 is 1.90 bits per heavy atom. The van der Waals surface area contributed by atoms with Gasteiger partial charge in [-0.15, -0.1) is 0 Å². The molecule has 2 saturated heterocycles. The Labute approximate surface area is 174 Å². The van der Waals surface area contributed by atoms with Gasteiger partial charge in [0.25, 0.3) is 0 Å². The summed E-state index contributed by atoms with van der Waals surface area (Å²) in [6, 6.07) is 8.23. The molecule has 2 fully saturated rings. The largest absolute Gasteiger partial charge is 0.369 e. The monoisotopic (exact) mass is 401 g/mol. The SMILES string of the molecule is CC(C(=O)NCc1cccc(CN2CCCC(C(N)=O)C2)c1)N1CCN(C)CC1. The zero-order chi connectivity index (χ0) is 20.8. The summed E-state index contributed by atoms with van der Waals surface area (Å²) >= 11 is 0. The van der Waals surface area contributed by atoms with Gasteiger partial charge in [0.2, 0.25) is 11.8 Å². The summed E-state index contributed by atoms with van der Waals surface area (Å²) in [5, 5.41) is 3.09. The zero-order valence-electron chi connectivity index (χ0n) is 17.8. The minimum absolute atomic E-state index is 0.0396. The molecule has 0 aromatic heterocycles. The van der Waals surface area contributed by atoms with Crippen molar-refractivity contribution in [3.63, 3.8) is 0 Å². The van der Waals surface area contributed by atoms with Crippen LogP contribution < -0.4 is 11.1 Å². The Bertz CT molecular complexity index is 702. The molecular weight excluding hydrogens is 366 g/mol. The fourth-order valence-corrected chi connectivity index (χ4v) is 4.24. The van der Waals surface area contributed by atoms with Crippen molar-refractivity contribution in [1.82, 2.24) is 20.0 Å². The summed E-state index contributed by atoms with van der Waals surface area (Å²) in [5.74, 6) is -0.150. The molecule has 160 valence electrons. The number of hydrogen-bond acceptors (Lipinski definition) is 5. The lowest BCUT2D eigenvalue weighted by Gasteiger charge is -2.35. The molecule has 7 nitrogen and oxygen atoms in total. The molecule has 2 aliphatic heterocycles. The highest BCUT2D eigenvalue weighted by Gasteiger charge is 2.25. The Morgan fingerprint density at radius 3 is 2.62 bits per heavy atom. The highest BCUT2D eigenvalue weighted by molar-refractivity contribution is 5.81. The van der Waals surface area contributed by atoms with Crippen LogP contribution >= 0.6 is 0 Å². The molecule has 0 spiro atoms. The predicted molar refractivity (Wildman–Crippen MR) is 114 cm³/mol. The second-order valence-electron chi connectivity index (χ2n) is 8.53. The van der Waals surface area contributed by atoms with Crippen molar-refractivity contribution in [3.05, 3.63) is 35.4 Å². The number of likely N-dealkylation sites (N-methyl/N-ethyl adjacent to an activating group) is 1. The number of piperidine rings is 1. The number of likely N-dealkylation sites (tertiary alicyclic amines) is 1. The lowest BCUT2D eigenvalue weighted by Crippen LogP contribution is -2.52. The van der Waals surface area contributed by atoms with Crippen LogP contribution in [0.2, 0.25) is 0 Å². The molecule has 1 aromatic rings. The van der Waals surface area contributed by atoms with Crippen molar-refractivity contribution in [1.29, 1.82) is 0 Å². The van der Waals surface area contributed by atoms with Crippen LogP contribution in [0.25, 0.3) is 0 Å². The molecule has 2 heterocycles. The van der Waals surface area contributed by atoms with E-state index in [2.05, 4.69) is 39.2 Å². The minimum Gasteiger partial charge on any atom is -0.369 e. The minimum atomic E-state index is -0.194. The summed E-state index contributed by atoms with van der Waals surface area (Å²) in [6.07, 6.45) is 1.90. The Balaban J connectivity index is 1.49. The first-order chi connectivity index (χ1) is 13.9. The number of nitrogens with zero attached hydrogens (tertiary/aromatic N) is 3. The number of piperazine rings is 1. The van der Waals surface area contributed by atoms with Crippen LogP contribution in [0.4, 0.5) is 0 Å². The quantitative estimate of drug-likeness (QED) is 0.701. The summed E-state index contributed by atoms with van der Waals surface area (Å²) in [4.78, 5) is 30.9.